The molecule has 1 N–H and O–H groups in total. The maximum Gasteiger partial charge on any atom is 0.258 e. The average molecular weight is 354 g/mol. The number of ether oxygens (including phenoxy) is 1. The molecule has 24 heavy (non-hydrogen) atoms. The number of para-hydroxylation sites is 1. The van der Waals surface area contributed by atoms with Crippen molar-refractivity contribution in [2.45, 2.75) is 39.2 Å². The standard InChI is InChI=1S/C17H26N2O4S/c1-3-12-24(21,22)19-10-8-15(9-11-19)18-17(20)13-23-16-7-5-4-6-14(16)2/h4-7,15H,3,8-13H2,1-2H3,(H,18,20). The Morgan fingerprint density at radius 1 is 1.29 bits per heavy atom. The highest BCUT2D eigenvalue weighted by atomic mass is 32.2. The van der Waals surface area contributed by atoms with Crippen LogP contribution in [0.1, 0.15) is 31.7 Å². The predicted molar refractivity (Wildman–Crippen MR) is 93.5 cm³/mol. The Balaban J connectivity index is 1.75. The van der Waals surface area contributed by atoms with E-state index in [4.69, 9.17) is 4.74 Å². The van der Waals surface area contributed by atoms with Gasteiger partial charge in [0, 0.05) is 19.1 Å². The molecule has 1 aliphatic rings. The van der Waals surface area contributed by atoms with Gasteiger partial charge >= 0.3 is 0 Å². The summed E-state index contributed by atoms with van der Waals surface area (Å²) in [6, 6.07) is 7.56. The summed E-state index contributed by atoms with van der Waals surface area (Å²) in [5.41, 5.74) is 0.986. The van der Waals surface area contributed by atoms with Crippen LogP contribution in [0.2, 0.25) is 0 Å². The Kier molecular flexibility index (Phi) is 6.62. The number of carbonyl (C=O) groups is 1. The van der Waals surface area contributed by atoms with Gasteiger partial charge in [-0.25, -0.2) is 12.7 Å². The lowest BCUT2D eigenvalue weighted by atomic mass is 10.1. The highest BCUT2D eigenvalue weighted by Crippen LogP contribution is 2.17. The first-order valence-electron chi connectivity index (χ1n) is 8.38. The highest BCUT2D eigenvalue weighted by Gasteiger charge is 2.27. The second kappa shape index (κ2) is 8.48. The summed E-state index contributed by atoms with van der Waals surface area (Å²) >= 11 is 0. The van der Waals surface area contributed by atoms with Crippen LogP contribution in [0.25, 0.3) is 0 Å². The van der Waals surface area contributed by atoms with Gasteiger partial charge in [-0.1, -0.05) is 25.1 Å². The molecule has 6 nitrogen and oxygen atoms in total. The molecule has 1 heterocycles. The average Bonchev–Trinajstić information content (AvgIpc) is 2.54. The fraction of sp³-hybridized carbons (Fsp3) is 0.588. The molecule has 1 fully saturated rings. The molecular weight excluding hydrogens is 328 g/mol. The van der Waals surface area contributed by atoms with E-state index in [2.05, 4.69) is 5.32 Å². The summed E-state index contributed by atoms with van der Waals surface area (Å²) in [4.78, 5) is 12.0. The first kappa shape index (κ1) is 18.7. The second-order valence-electron chi connectivity index (χ2n) is 6.11. The molecule has 0 radical (unpaired) electrons. The number of hydrogen-bond acceptors (Lipinski definition) is 4. The smallest absolute Gasteiger partial charge is 0.258 e. The fourth-order valence-corrected chi connectivity index (χ4v) is 4.34. The lowest BCUT2D eigenvalue weighted by molar-refractivity contribution is -0.124. The van der Waals surface area contributed by atoms with E-state index < -0.39 is 10.0 Å². The number of carbonyl (C=O) groups excluding carboxylic acids is 1. The first-order valence-corrected chi connectivity index (χ1v) is 9.99. The van der Waals surface area contributed by atoms with E-state index in [1.54, 1.807) is 0 Å². The number of hydrogen-bond donors (Lipinski definition) is 1. The van der Waals surface area contributed by atoms with Crippen molar-refractivity contribution >= 4 is 15.9 Å². The number of aryl methyl sites for hydroxylation is 1. The van der Waals surface area contributed by atoms with Crippen LogP contribution in [-0.2, 0) is 14.8 Å². The number of benzene rings is 1. The fourth-order valence-electron chi connectivity index (χ4n) is 2.80. The minimum atomic E-state index is -3.14. The quantitative estimate of drug-likeness (QED) is 0.808. The Labute approximate surface area is 144 Å². The molecule has 0 aliphatic carbocycles. The van der Waals surface area contributed by atoms with Gasteiger partial charge in [0.05, 0.1) is 5.75 Å². The van der Waals surface area contributed by atoms with Crippen LogP contribution in [0.15, 0.2) is 24.3 Å². The van der Waals surface area contributed by atoms with E-state index in [-0.39, 0.29) is 24.3 Å². The van der Waals surface area contributed by atoms with E-state index in [9.17, 15) is 13.2 Å². The number of sulfonamides is 1. The third kappa shape index (κ3) is 5.21. The van der Waals surface area contributed by atoms with E-state index in [0.717, 1.165) is 5.56 Å². The molecule has 1 amide bonds. The maximum absolute atomic E-state index is 12.0. The molecule has 0 bridgehead atoms. The number of piperidine rings is 1. The van der Waals surface area contributed by atoms with Gasteiger partial charge in [-0.05, 0) is 37.8 Å². The van der Waals surface area contributed by atoms with Crippen molar-refractivity contribution in [2.24, 2.45) is 0 Å². The van der Waals surface area contributed by atoms with Crippen LogP contribution >= 0.6 is 0 Å². The summed E-state index contributed by atoms with van der Waals surface area (Å²) < 4.78 is 31.1. The minimum absolute atomic E-state index is 0.00560. The zero-order valence-corrected chi connectivity index (χ0v) is 15.1. The van der Waals surface area contributed by atoms with Gasteiger partial charge in [0.1, 0.15) is 5.75 Å². The maximum atomic E-state index is 12.0. The van der Waals surface area contributed by atoms with Crippen molar-refractivity contribution in [3.8, 4) is 5.75 Å². The zero-order chi connectivity index (χ0) is 17.6. The van der Waals surface area contributed by atoms with Gasteiger partial charge < -0.3 is 10.1 Å². The highest BCUT2D eigenvalue weighted by molar-refractivity contribution is 7.89. The van der Waals surface area contributed by atoms with Gasteiger partial charge in [-0.15, -0.1) is 0 Å². The summed E-state index contributed by atoms with van der Waals surface area (Å²) in [6.45, 7) is 4.69. The number of amides is 1. The Hall–Kier alpha value is -1.60. The monoisotopic (exact) mass is 354 g/mol. The molecule has 134 valence electrons. The molecule has 1 aromatic carbocycles. The molecule has 1 aromatic rings. The van der Waals surface area contributed by atoms with Gasteiger partial charge in [0.2, 0.25) is 10.0 Å². The molecule has 0 atom stereocenters. The van der Waals surface area contributed by atoms with Crippen LogP contribution in [0.5, 0.6) is 5.75 Å². The lowest BCUT2D eigenvalue weighted by Crippen LogP contribution is -2.47. The Morgan fingerprint density at radius 2 is 1.96 bits per heavy atom. The van der Waals surface area contributed by atoms with E-state index in [1.807, 2.05) is 38.1 Å². The predicted octanol–water partition coefficient (Wildman–Crippen LogP) is 1.69. The van der Waals surface area contributed by atoms with Crippen LogP contribution < -0.4 is 10.1 Å². The lowest BCUT2D eigenvalue weighted by Gasteiger charge is -2.31. The first-order chi connectivity index (χ1) is 11.4. The largest absolute Gasteiger partial charge is 0.484 e. The van der Waals surface area contributed by atoms with Gasteiger partial charge in [-0.2, -0.15) is 0 Å². The normalized spacial score (nSPS) is 16.8. The van der Waals surface area contributed by atoms with Crippen molar-refractivity contribution in [3.63, 3.8) is 0 Å². The SMILES string of the molecule is CCCS(=O)(=O)N1CCC(NC(=O)COc2ccccc2C)CC1. The summed E-state index contributed by atoms with van der Waals surface area (Å²) in [5, 5.41) is 2.93. The van der Waals surface area contributed by atoms with Crippen molar-refractivity contribution in [1.29, 1.82) is 0 Å². The van der Waals surface area contributed by atoms with Crippen molar-refractivity contribution in [2.75, 3.05) is 25.4 Å². The summed E-state index contributed by atoms with van der Waals surface area (Å²) in [5.74, 6) is 0.718. The summed E-state index contributed by atoms with van der Waals surface area (Å²) in [6.07, 6.45) is 1.90. The minimum Gasteiger partial charge on any atom is -0.484 e. The van der Waals surface area contributed by atoms with Crippen LogP contribution in [0.4, 0.5) is 0 Å². The number of rotatable bonds is 7. The van der Waals surface area contributed by atoms with E-state index in [0.29, 0.717) is 38.1 Å². The third-order valence-corrected chi connectivity index (χ3v) is 6.20. The molecule has 1 saturated heterocycles. The Morgan fingerprint density at radius 3 is 2.58 bits per heavy atom. The molecule has 7 heteroatoms. The molecule has 2 rings (SSSR count). The van der Waals surface area contributed by atoms with Gasteiger partial charge in [0.25, 0.3) is 5.91 Å². The van der Waals surface area contributed by atoms with Gasteiger partial charge in [0.15, 0.2) is 6.61 Å². The third-order valence-electron chi connectivity index (χ3n) is 4.13. The summed E-state index contributed by atoms with van der Waals surface area (Å²) in [7, 11) is -3.14. The second-order valence-corrected chi connectivity index (χ2v) is 8.20. The van der Waals surface area contributed by atoms with Crippen molar-refractivity contribution in [1.82, 2.24) is 9.62 Å². The topological polar surface area (TPSA) is 75.7 Å². The van der Waals surface area contributed by atoms with E-state index >= 15 is 0 Å². The van der Waals surface area contributed by atoms with Crippen LogP contribution in [0.3, 0.4) is 0 Å². The molecule has 0 aromatic heterocycles. The van der Waals surface area contributed by atoms with Gasteiger partial charge in [-0.3, -0.25) is 4.79 Å². The van der Waals surface area contributed by atoms with Crippen molar-refractivity contribution < 1.29 is 17.9 Å². The molecule has 1 aliphatic heterocycles. The zero-order valence-electron chi connectivity index (χ0n) is 14.3. The Bertz CT molecular complexity index is 652. The number of nitrogens with zero attached hydrogens (tertiary/aromatic N) is 1. The molecular formula is C17H26N2O4S. The van der Waals surface area contributed by atoms with Crippen molar-refractivity contribution in [3.05, 3.63) is 29.8 Å². The molecule has 0 unspecified atom stereocenters. The van der Waals surface area contributed by atoms with Crippen LogP contribution in [-0.4, -0.2) is 50.1 Å². The molecule has 0 spiro atoms. The van der Waals surface area contributed by atoms with Crippen LogP contribution in [0, 0.1) is 6.92 Å². The van der Waals surface area contributed by atoms with E-state index in [1.165, 1.54) is 4.31 Å². The molecule has 0 saturated carbocycles. The number of nitrogens with one attached hydrogen (secondary N) is 1.